The first-order valence-electron chi connectivity index (χ1n) is 11.0. The Morgan fingerprint density at radius 1 is 1.21 bits per heavy atom. The van der Waals surface area contributed by atoms with E-state index in [-0.39, 0.29) is 23.5 Å². The zero-order valence-corrected chi connectivity index (χ0v) is 21.5. The summed E-state index contributed by atoms with van der Waals surface area (Å²) in [6.45, 7) is 10.1. The van der Waals surface area contributed by atoms with Crippen LogP contribution in [0.3, 0.4) is 0 Å². The number of rotatable bonds is 9. The van der Waals surface area contributed by atoms with E-state index in [4.69, 9.17) is 16.3 Å². The first kappa shape index (κ1) is 25.8. The number of nitrogens with one attached hydrogen (secondary N) is 2. The molecule has 0 aliphatic rings. The van der Waals surface area contributed by atoms with Gasteiger partial charge in [0, 0.05) is 30.8 Å². The molecule has 0 spiro atoms. The summed E-state index contributed by atoms with van der Waals surface area (Å²) in [6, 6.07) is 6.24. The van der Waals surface area contributed by atoms with Gasteiger partial charge in [0.15, 0.2) is 5.13 Å². The van der Waals surface area contributed by atoms with Gasteiger partial charge in [0.25, 0.3) is 0 Å². The third-order valence-corrected chi connectivity index (χ3v) is 5.63. The Labute approximate surface area is 208 Å². The molecule has 2 heterocycles. The van der Waals surface area contributed by atoms with Gasteiger partial charge in [0.2, 0.25) is 5.95 Å². The lowest BCUT2D eigenvalue weighted by atomic mass is 10.1. The maximum Gasteiger partial charge on any atom is 0.306 e. The van der Waals surface area contributed by atoms with Crippen molar-refractivity contribution < 1.29 is 13.9 Å². The lowest BCUT2D eigenvalue weighted by Gasteiger charge is -2.19. The molecule has 0 unspecified atom stereocenters. The summed E-state index contributed by atoms with van der Waals surface area (Å²) < 4.78 is 18.9. The van der Waals surface area contributed by atoms with E-state index in [0.717, 1.165) is 10.0 Å². The summed E-state index contributed by atoms with van der Waals surface area (Å²) in [5, 5.41) is 7.50. The number of hydrogen-bond donors (Lipinski definition) is 2. The number of halogens is 2. The molecule has 0 radical (unpaired) electrons. The quantitative estimate of drug-likeness (QED) is 0.256. The number of benzene rings is 1. The van der Waals surface area contributed by atoms with Crippen LogP contribution in [-0.2, 0) is 9.53 Å². The Morgan fingerprint density at radius 2 is 1.94 bits per heavy atom. The molecule has 0 aliphatic carbocycles. The molecule has 1 aromatic carbocycles. The molecule has 0 saturated heterocycles. The van der Waals surface area contributed by atoms with E-state index in [9.17, 15) is 9.18 Å². The van der Waals surface area contributed by atoms with Crippen LogP contribution in [0, 0.1) is 5.82 Å². The third kappa shape index (κ3) is 7.63. The summed E-state index contributed by atoms with van der Waals surface area (Å²) in [5.74, 6) is -0.295. The van der Waals surface area contributed by atoms with Crippen molar-refractivity contribution in [3.05, 3.63) is 41.3 Å². The molecule has 7 nitrogen and oxygen atoms in total. The van der Waals surface area contributed by atoms with Crippen LogP contribution >= 0.6 is 22.9 Å². The Morgan fingerprint density at radius 3 is 2.62 bits per heavy atom. The Bertz CT molecular complexity index is 1150. The molecule has 2 aromatic heterocycles. The minimum Gasteiger partial charge on any atom is -0.460 e. The minimum atomic E-state index is -0.511. The maximum absolute atomic E-state index is 13.6. The molecule has 0 amide bonds. The summed E-state index contributed by atoms with van der Waals surface area (Å²) in [4.78, 5) is 26.4. The molecule has 10 heteroatoms. The first-order chi connectivity index (χ1) is 16.0. The standard InChI is InChI=1S/C24H29ClFN5O2S/c1-14(2)29-23-28-13-20(34-23)19-12-18(16-9-8-15(26)11-17(16)25)30-22(31-19)27-10-6-7-21(32)33-24(3,4)5/h8-9,11-14H,6-7,10H2,1-5H3,(H,28,29)(H,27,30,31). The molecule has 0 saturated carbocycles. The summed E-state index contributed by atoms with van der Waals surface area (Å²) in [6.07, 6.45) is 2.58. The first-order valence-corrected chi connectivity index (χ1v) is 12.2. The molecule has 2 N–H and O–H groups in total. The molecule has 0 aliphatic heterocycles. The van der Waals surface area contributed by atoms with Gasteiger partial charge in [-0.25, -0.2) is 19.3 Å². The number of thiazole rings is 1. The second-order valence-corrected chi connectivity index (χ2v) is 10.5. The molecule has 3 rings (SSSR count). The molecule has 182 valence electrons. The normalized spacial score (nSPS) is 11.5. The zero-order chi connectivity index (χ0) is 24.9. The summed E-state index contributed by atoms with van der Waals surface area (Å²) >= 11 is 7.78. The van der Waals surface area contributed by atoms with Gasteiger partial charge in [-0.3, -0.25) is 4.79 Å². The van der Waals surface area contributed by atoms with Gasteiger partial charge in [-0.15, -0.1) is 0 Å². The number of hydrogen-bond acceptors (Lipinski definition) is 8. The van der Waals surface area contributed by atoms with Crippen molar-refractivity contribution in [1.29, 1.82) is 0 Å². The van der Waals surface area contributed by atoms with Crippen molar-refractivity contribution in [2.45, 2.75) is 59.1 Å². The number of carbonyl (C=O) groups is 1. The topological polar surface area (TPSA) is 89.0 Å². The second kappa shape index (κ2) is 11.1. The summed E-state index contributed by atoms with van der Waals surface area (Å²) in [5.41, 5.74) is 1.29. The molecule has 34 heavy (non-hydrogen) atoms. The van der Waals surface area contributed by atoms with Crippen molar-refractivity contribution in [2.75, 3.05) is 17.2 Å². The van der Waals surface area contributed by atoms with Gasteiger partial charge in [0.1, 0.15) is 11.4 Å². The fourth-order valence-corrected chi connectivity index (χ4v) is 4.21. The Hall–Kier alpha value is -2.78. The SMILES string of the molecule is CC(C)Nc1ncc(-c2cc(-c3ccc(F)cc3Cl)nc(NCCCC(=O)OC(C)(C)C)n2)s1. The molecule has 0 fully saturated rings. The largest absolute Gasteiger partial charge is 0.460 e. The van der Waals surface area contributed by atoms with E-state index >= 15 is 0 Å². The molecule has 3 aromatic rings. The van der Waals surface area contributed by atoms with Crippen molar-refractivity contribution in [1.82, 2.24) is 15.0 Å². The van der Waals surface area contributed by atoms with E-state index < -0.39 is 11.4 Å². The molecule has 0 bridgehead atoms. The highest BCUT2D eigenvalue weighted by atomic mass is 35.5. The highest BCUT2D eigenvalue weighted by molar-refractivity contribution is 7.18. The summed E-state index contributed by atoms with van der Waals surface area (Å²) in [7, 11) is 0. The number of aromatic nitrogens is 3. The van der Waals surface area contributed by atoms with Crippen LogP contribution in [0.25, 0.3) is 21.8 Å². The number of esters is 1. The van der Waals surface area contributed by atoms with E-state index in [1.165, 1.54) is 23.5 Å². The van der Waals surface area contributed by atoms with Crippen LogP contribution in [0.5, 0.6) is 0 Å². The molecule has 0 atom stereocenters. The lowest BCUT2D eigenvalue weighted by molar-refractivity contribution is -0.154. The highest BCUT2D eigenvalue weighted by Gasteiger charge is 2.17. The predicted molar refractivity (Wildman–Crippen MR) is 136 cm³/mol. The predicted octanol–water partition coefficient (Wildman–Crippen LogP) is 6.41. The highest BCUT2D eigenvalue weighted by Crippen LogP contribution is 2.33. The third-order valence-electron chi connectivity index (χ3n) is 4.36. The van der Waals surface area contributed by atoms with Crippen LogP contribution in [0.4, 0.5) is 15.5 Å². The lowest BCUT2D eigenvalue weighted by Crippen LogP contribution is -2.24. The van der Waals surface area contributed by atoms with Crippen LogP contribution in [-0.4, -0.2) is 39.1 Å². The monoisotopic (exact) mass is 505 g/mol. The van der Waals surface area contributed by atoms with E-state index in [1.54, 1.807) is 18.3 Å². The van der Waals surface area contributed by atoms with Crippen molar-refractivity contribution in [2.24, 2.45) is 0 Å². The minimum absolute atomic E-state index is 0.250. The smallest absolute Gasteiger partial charge is 0.306 e. The van der Waals surface area contributed by atoms with Gasteiger partial charge >= 0.3 is 5.97 Å². The Balaban J connectivity index is 1.83. The van der Waals surface area contributed by atoms with Gasteiger partial charge in [0.05, 0.1) is 21.3 Å². The molecular weight excluding hydrogens is 477 g/mol. The average molecular weight is 506 g/mol. The van der Waals surface area contributed by atoms with Crippen molar-refractivity contribution in [3.8, 4) is 21.8 Å². The number of carbonyl (C=O) groups excluding carboxylic acids is 1. The van der Waals surface area contributed by atoms with E-state index in [2.05, 4.69) is 25.6 Å². The number of anilines is 2. The average Bonchev–Trinajstić information content (AvgIpc) is 3.17. The fraction of sp³-hybridized carbons (Fsp3) is 0.417. The van der Waals surface area contributed by atoms with Crippen LogP contribution < -0.4 is 10.6 Å². The Kier molecular flexibility index (Phi) is 8.43. The van der Waals surface area contributed by atoms with Crippen LogP contribution in [0.2, 0.25) is 5.02 Å². The molecular formula is C24H29ClFN5O2S. The maximum atomic E-state index is 13.6. The fourth-order valence-electron chi connectivity index (χ4n) is 3.02. The van der Waals surface area contributed by atoms with E-state index in [0.29, 0.717) is 35.9 Å². The van der Waals surface area contributed by atoms with Gasteiger partial charge in [-0.05, 0) is 65.3 Å². The zero-order valence-electron chi connectivity index (χ0n) is 19.9. The van der Waals surface area contributed by atoms with Crippen LogP contribution in [0.1, 0.15) is 47.5 Å². The van der Waals surface area contributed by atoms with Gasteiger partial charge < -0.3 is 15.4 Å². The van der Waals surface area contributed by atoms with Crippen molar-refractivity contribution in [3.63, 3.8) is 0 Å². The van der Waals surface area contributed by atoms with E-state index in [1.807, 2.05) is 34.6 Å². The number of nitrogens with zero attached hydrogens (tertiary/aromatic N) is 3. The number of ether oxygens (including phenoxy) is 1. The van der Waals surface area contributed by atoms with Gasteiger partial charge in [-0.2, -0.15) is 0 Å². The van der Waals surface area contributed by atoms with Crippen LogP contribution in [0.15, 0.2) is 30.5 Å². The van der Waals surface area contributed by atoms with Gasteiger partial charge in [-0.1, -0.05) is 22.9 Å². The van der Waals surface area contributed by atoms with Crippen molar-refractivity contribution >= 4 is 40.0 Å². The second-order valence-electron chi connectivity index (χ2n) is 9.03.